The average Bonchev–Trinajstić information content (AvgIpc) is 2.51. The smallest absolute Gasteiger partial charge is 0.338 e. The third-order valence-electron chi connectivity index (χ3n) is 3.39. The van der Waals surface area contributed by atoms with Gasteiger partial charge in [0.25, 0.3) is 0 Å². The van der Waals surface area contributed by atoms with Crippen molar-refractivity contribution in [2.24, 2.45) is 11.7 Å². The van der Waals surface area contributed by atoms with Gasteiger partial charge in [0.15, 0.2) is 0 Å². The maximum Gasteiger partial charge on any atom is 0.338 e. The van der Waals surface area contributed by atoms with Gasteiger partial charge >= 0.3 is 5.97 Å². The molecule has 0 unspecified atom stereocenters. The van der Waals surface area contributed by atoms with Crippen LogP contribution in [-0.4, -0.2) is 24.5 Å². The van der Waals surface area contributed by atoms with Crippen LogP contribution in [0.2, 0.25) is 0 Å². The first-order chi connectivity index (χ1) is 9.99. The molecule has 1 aromatic carbocycles. The zero-order chi connectivity index (χ0) is 15.8. The van der Waals surface area contributed by atoms with E-state index < -0.39 is 6.04 Å². The van der Waals surface area contributed by atoms with Gasteiger partial charge in [-0.15, -0.1) is 0 Å². The van der Waals surface area contributed by atoms with Gasteiger partial charge in [0.05, 0.1) is 18.2 Å². The van der Waals surface area contributed by atoms with Crippen LogP contribution in [0.4, 0.5) is 5.69 Å². The Labute approximate surface area is 125 Å². The van der Waals surface area contributed by atoms with Crippen molar-refractivity contribution in [3.8, 4) is 0 Å². The summed E-state index contributed by atoms with van der Waals surface area (Å²) in [7, 11) is 0. The van der Waals surface area contributed by atoms with Gasteiger partial charge in [-0.2, -0.15) is 0 Å². The fraction of sp³-hybridized carbons (Fsp3) is 0.500. The van der Waals surface area contributed by atoms with Crippen LogP contribution in [0.15, 0.2) is 24.3 Å². The number of carbonyl (C=O) groups excluding carboxylic acids is 2. The average molecular weight is 292 g/mol. The Morgan fingerprint density at radius 3 is 2.38 bits per heavy atom. The Kier molecular flexibility index (Phi) is 6.88. The number of benzene rings is 1. The van der Waals surface area contributed by atoms with Gasteiger partial charge in [0.2, 0.25) is 5.91 Å². The molecule has 21 heavy (non-hydrogen) atoms. The van der Waals surface area contributed by atoms with E-state index in [1.165, 1.54) is 0 Å². The maximum atomic E-state index is 11.9. The van der Waals surface area contributed by atoms with E-state index in [4.69, 9.17) is 10.5 Å². The summed E-state index contributed by atoms with van der Waals surface area (Å²) >= 11 is 0. The van der Waals surface area contributed by atoms with Crippen LogP contribution in [-0.2, 0) is 9.53 Å². The summed E-state index contributed by atoms with van der Waals surface area (Å²) in [6.45, 7) is 6.28. The van der Waals surface area contributed by atoms with E-state index >= 15 is 0 Å². The Morgan fingerprint density at radius 2 is 1.86 bits per heavy atom. The minimum Gasteiger partial charge on any atom is -0.462 e. The van der Waals surface area contributed by atoms with Crippen LogP contribution in [0.1, 0.15) is 44.0 Å². The van der Waals surface area contributed by atoms with E-state index in [2.05, 4.69) is 5.32 Å². The van der Waals surface area contributed by atoms with Crippen LogP contribution < -0.4 is 11.1 Å². The summed E-state index contributed by atoms with van der Waals surface area (Å²) in [5.74, 6) is -0.454. The van der Waals surface area contributed by atoms with E-state index in [0.29, 0.717) is 17.9 Å². The van der Waals surface area contributed by atoms with Crippen molar-refractivity contribution in [3.05, 3.63) is 29.8 Å². The van der Waals surface area contributed by atoms with Crippen molar-refractivity contribution in [1.82, 2.24) is 0 Å². The normalized spacial score (nSPS) is 13.3. The molecular formula is C16H24N2O3. The second kappa shape index (κ2) is 8.42. The molecule has 1 rings (SSSR count). The molecule has 0 saturated heterocycles. The molecule has 5 heteroatoms. The number of hydrogen-bond donors (Lipinski definition) is 2. The highest BCUT2D eigenvalue weighted by atomic mass is 16.5. The fourth-order valence-electron chi connectivity index (χ4n) is 1.71. The molecule has 0 aliphatic heterocycles. The van der Waals surface area contributed by atoms with Gasteiger partial charge in [0.1, 0.15) is 0 Å². The number of hydrogen-bond acceptors (Lipinski definition) is 4. The summed E-state index contributed by atoms with van der Waals surface area (Å²) < 4.78 is 5.04. The Morgan fingerprint density at radius 1 is 1.24 bits per heavy atom. The van der Waals surface area contributed by atoms with Crippen molar-refractivity contribution in [3.63, 3.8) is 0 Å². The molecule has 5 nitrogen and oxygen atoms in total. The lowest BCUT2D eigenvalue weighted by Gasteiger charge is -2.17. The first-order valence-corrected chi connectivity index (χ1v) is 7.33. The van der Waals surface area contributed by atoms with Gasteiger partial charge in [-0.05, 0) is 36.6 Å². The van der Waals surface area contributed by atoms with Crippen LogP contribution in [0.3, 0.4) is 0 Å². The zero-order valence-corrected chi connectivity index (χ0v) is 12.9. The van der Waals surface area contributed by atoms with Gasteiger partial charge in [-0.1, -0.05) is 27.2 Å². The maximum absolute atomic E-state index is 11.9. The van der Waals surface area contributed by atoms with Crippen LogP contribution >= 0.6 is 0 Å². The van der Waals surface area contributed by atoms with Gasteiger partial charge in [-0.25, -0.2) is 4.79 Å². The molecule has 1 amide bonds. The molecule has 0 fully saturated rings. The number of rotatable bonds is 7. The molecule has 1 aromatic rings. The largest absolute Gasteiger partial charge is 0.462 e. The number of ether oxygens (including phenoxy) is 1. The Balaban J connectivity index is 2.62. The molecule has 0 aromatic heterocycles. The summed E-state index contributed by atoms with van der Waals surface area (Å²) in [6.07, 6.45) is 1.63. The number of nitrogens with one attached hydrogen (secondary N) is 1. The van der Waals surface area contributed by atoms with Crippen molar-refractivity contribution in [2.75, 3.05) is 11.9 Å². The van der Waals surface area contributed by atoms with Gasteiger partial charge < -0.3 is 15.8 Å². The van der Waals surface area contributed by atoms with Gasteiger partial charge in [0, 0.05) is 5.69 Å². The third kappa shape index (κ3) is 5.19. The second-order valence-electron chi connectivity index (χ2n) is 5.11. The van der Waals surface area contributed by atoms with E-state index in [9.17, 15) is 9.59 Å². The highest BCUT2D eigenvalue weighted by Crippen LogP contribution is 2.13. The predicted molar refractivity (Wildman–Crippen MR) is 83.1 cm³/mol. The van der Waals surface area contributed by atoms with Crippen LogP contribution in [0.5, 0.6) is 0 Å². The lowest BCUT2D eigenvalue weighted by Crippen LogP contribution is -2.40. The van der Waals surface area contributed by atoms with E-state index in [1.54, 1.807) is 24.3 Å². The first kappa shape index (κ1) is 17.2. The number of carbonyl (C=O) groups is 2. The first-order valence-electron chi connectivity index (χ1n) is 7.33. The van der Waals surface area contributed by atoms with E-state index in [-0.39, 0.29) is 17.8 Å². The lowest BCUT2D eigenvalue weighted by molar-refractivity contribution is -0.118. The zero-order valence-electron chi connectivity index (χ0n) is 12.9. The molecule has 0 saturated carbocycles. The molecular weight excluding hydrogens is 268 g/mol. The van der Waals surface area contributed by atoms with Crippen LogP contribution in [0.25, 0.3) is 0 Å². The van der Waals surface area contributed by atoms with Crippen molar-refractivity contribution in [2.45, 2.75) is 39.7 Å². The monoisotopic (exact) mass is 292 g/mol. The summed E-state index contributed by atoms with van der Waals surface area (Å²) in [4.78, 5) is 23.6. The summed E-state index contributed by atoms with van der Waals surface area (Å²) in [5.41, 5.74) is 6.95. The van der Waals surface area contributed by atoms with Crippen molar-refractivity contribution < 1.29 is 14.3 Å². The standard InChI is InChI=1S/C16H24N2O3/c1-4-10-21-16(20)12-6-8-13(9-7-12)18-15(19)14(17)11(3)5-2/h6-9,11,14H,4-5,10,17H2,1-3H3,(H,18,19)/t11-,14-/m0/s1. The Bertz CT molecular complexity index is 471. The highest BCUT2D eigenvalue weighted by molar-refractivity contribution is 5.95. The SMILES string of the molecule is CCCOC(=O)c1ccc(NC(=O)[C@@H](N)[C@@H](C)CC)cc1. The van der Waals surface area contributed by atoms with Crippen LogP contribution in [0, 0.1) is 5.92 Å². The molecule has 0 bridgehead atoms. The minimum absolute atomic E-state index is 0.119. The predicted octanol–water partition coefficient (Wildman–Crippen LogP) is 2.57. The second-order valence-corrected chi connectivity index (χ2v) is 5.11. The number of nitrogens with two attached hydrogens (primary N) is 1. The molecule has 2 atom stereocenters. The van der Waals surface area contributed by atoms with Crippen molar-refractivity contribution in [1.29, 1.82) is 0 Å². The topological polar surface area (TPSA) is 81.4 Å². The summed E-state index contributed by atoms with van der Waals surface area (Å²) in [5, 5.41) is 2.75. The molecule has 0 radical (unpaired) electrons. The minimum atomic E-state index is -0.538. The number of esters is 1. The lowest BCUT2D eigenvalue weighted by atomic mass is 9.99. The third-order valence-corrected chi connectivity index (χ3v) is 3.39. The quantitative estimate of drug-likeness (QED) is 0.757. The van der Waals surface area contributed by atoms with E-state index in [0.717, 1.165) is 12.8 Å². The highest BCUT2D eigenvalue weighted by Gasteiger charge is 2.19. The molecule has 0 spiro atoms. The number of amides is 1. The molecule has 3 N–H and O–H groups in total. The molecule has 0 aliphatic rings. The van der Waals surface area contributed by atoms with Gasteiger partial charge in [-0.3, -0.25) is 4.79 Å². The summed E-state index contributed by atoms with van der Waals surface area (Å²) in [6, 6.07) is 6.06. The molecule has 0 aliphatic carbocycles. The number of anilines is 1. The fourth-order valence-corrected chi connectivity index (χ4v) is 1.71. The van der Waals surface area contributed by atoms with E-state index in [1.807, 2.05) is 20.8 Å². The molecule has 116 valence electrons. The van der Waals surface area contributed by atoms with Crippen molar-refractivity contribution >= 4 is 17.6 Å². The molecule has 0 heterocycles. The Hall–Kier alpha value is -1.88.